The Bertz CT molecular complexity index is 935. The molecule has 2 aromatic rings. The molecule has 150 valence electrons. The zero-order valence-corrected chi connectivity index (χ0v) is 16.6. The van der Waals surface area contributed by atoms with E-state index in [0.29, 0.717) is 5.56 Å². The van der Waals surface area contributed by atoms with Gasteiger partial charge in [0.05, 0.1) is 16.6 Å². The van der Waals surface area contributed by atoms with E-state index in [1.165, 1.54) is 53.4 Å². The van der Waals surface area contributed by atoms with E-state index in [2.05, 4.69) is 4.72 Å². The Morgan fingerprint density at radius 1 is 1.07 bits per heavy atom. The highest BCUT2D eigenvalue weighted by Gasteiger charge is 2.16. The minimum atomic E-state index is -3.82. The van der Waals surface area contributed by atoms with Gasteiger partial charge in [0, 0.05) is 19.8 Å². The number of esters is 1. The van der Waals surface area contributed by atoms with Crippen molar-refractivity contribution in [2.24, 2.45) is 0 Å². The topological polar surface area (TPSA) is 113 Å². The largest absolute Gasteiger partial charge is 0.452 e. The Morgan fingerprint density at radius 3 is 2.14 bits per heavy atom. The summed E-state index contributed by atoms with van der Waals surface area (Å²) in [4.78, 5) is 24.7. The third-order valence-electron chi connectivity index (χ3n) is 3.87. The van der Waals surface area contributed by atoms with Gasteiger partial charge in [-0.1, -0.05) is 12.1 Å². The summed E-state index contributed by atoms with van der Waals surface area (Å²) in [5.41, 5.74) is 1.06. The fourth-order valence-corrected chi connectivity index (χ4v) is 3.21. The van der Waals surface area contributed by atoms with Crippen molar-refractivity contribution in [1.29, 1.82) is 0 Å². The lowest BCUT2D eigenvalue weighted by Gasteiger charge is -2.11. The Balaban J connectivity index is 2.04. The quantitative estimate of drug-likeness (QED) is 0.678. The fraction of sp³-hybridized carbons (Fsp3) is 0.263. The van der Waals surface area contributed by atoms with Crippen molar-refractivity contribution in [2.75, 3.05) is 25.4 Å². The SMILES string of the molecule is C[C@@H](O)c1ccc(S(=O)(=O)Nc2ccc(C(=O)OCC(=O)N(C)C)cc2)cc1. The van der Waals surface area contributed by atoms with Crippen LogP contribution in [-0.2, 0) is 19.6 Å². The van der Waals surface area contributed by atoms with Crippen molar-refractivity contribution in [1.82, 2.24) is 4.90 Å². The molecule has 28 heavy (non-hydrogen) atoms. The molecule has 0 aliphatic carbocycles. The maximum absolute atomic E-state index is 12.4. The normalized spacial score (nSPS) is 12.1. The second-order valence-corrected chi connectivity index (χ2v) is 7.97. The number of carbonyl (C=O) groups excluding carboxylic acids is 2. The molecule has 0 aliphatic rings. The summed E-state index contributed by atoms with van der Waals surface area (Å²) in [7, 11) is -0.717. The maximum Gasteiger partial charge on any atom is 0.338 e. The monoisotopic (exact) mass is 406 g/mol. The van der Waals surface area contributed by atoms with Crippen LogP contribution in [0.2, 0.25) is 0 Å². The van der Waals surface area contributed by atoms with Gasteiger partial charge in [0.25, 0.3) is 15.9 Å². The highest BCUT2D eigenvalue weighted by Crippen LogP contribution is 2.19. The lowest BCUT2D eigenvalue weighted by molar-refractivity contribution is -0.131. The van der Waals surface area contributed by atoms with Crippen molar-refractivity contribution < 1.29 is 27.9 Å². The van der Waals surface area contributed by atoms with Gasteiger partial charge >= 0.3 is 5.97 Å². The average Bonchev–Trinajstić information content (AvgIpc) is 2.66. The van der Waals surface area contributed by atoms with E-state index in [0.717, 1.165) is 0 Å². The maximum atomic E-state index is 12.4. The first-order valence-corrected chi connectivity index (χ1v) is 9.86. The Kier molecular flexibility index (Phi) is 6.76. The third-order valence-corrected chi connectivity index (χ3v) is 5.27. The molecule has 0 aromatic heterocycles. The van der Waals surface area contributed by atoms with E-state index >= 15 is 0 Å². The van der Waals surface area contributed by atoms with Gasteiger partial charge in [0.2, 0.25) is 0 Å². The number of hydrogen-bond acceptors (Lipinski definition) is 6. The summed E-state index contributed by atoms with van der Waals surface area (Å²) < 4.78 is 32.2. The van der Waals surface area contributed by atoms with Gasteiger partial charge in [0.15, 0.2) is 6.61 Å². The molecule has 0 fully saturated rings. The molecule has 0 saturated carbocycles. The van der Waals surface area contributed by atoms with Gasteiger partial charge in [0.1, 0.15) is 0 Å². The Labute approximate surface area is 163 Å². The molecule has 0 unspecified atom stereocenters. The molecule has 0 saturated heterocycles. The van der Waals surface area contributed by atoms with E-state index < -0.39 is 22.1 Å². The molecule has 0 radical (unpaired) electrons. The van der Waals surface area contributed by atoms with Crippen LogP contribution in [0.3, 0.4) is 0 Å². The fourth-order valence-electron chi connectivity index (χ4n) is 2.15. The molecule has 2 rings (SSSR count). The van der Waals surface area contributed by atoms with Gasteiger partial charge in [-0.3, -0.25) is 9.52 Å². The second kappa shape index (κ2) is 8.85. The second-order valence-electron chi connectivity index (χ2n) is 6.29. The van der Waals surface area contributed by atoms with Crippen LogP contribution < -0.4 is 4.72 Å². The summed E-state index contributed by atoms with van der Waals surface area (Å²) >= 11 is 0. The predicted molar refractivity (Wildman–Crippen MR) is 103 cm³/mol. The van der Waals surface area contributed by atoms with Gasteiger partial charge in [-0.15, -0.1) is 0 Å². The molecule has 9 heteroatoms. The van der Waals surface area contributed by atoms with Crippen molar-refractivity contribution in [2.45, 2.75) is 17.9 Å². The molecule has 0 bridgehead atoms. The summed E-state index contributed by atoms with van der Waals surface area (Å²) in [5, 5.41) is 9.50. The molecule has 0 heterocycles. The molecule has 1 atom stereocenters. The zero-order chi connectivity index (χ0) is 20.9. The number of aliphatic hydroxyl groups is 1. The summed E-state index contributed by atoms with van der Waals surface area (Å²) in [6, 6.07) is 11.5. The van der Waals surface area contributed by atoms with Crippen molar-refractivity contribution in [3.63, 3.8) is 0 Å². The van der Waals surface area contributed by atoms with E-state index in [1.54, 1.807) is 21.0 Å². The number of nitrogens with zero attached hydrogens (tertiary/aromatic N) is 1. The minimum Gasteiger partial charge on any atom is -0.452 e. The number of hydrogen-bond donors (Lipinski definition) is 2. The lowest BCUT2D eigenvalue weighted by atomic mass is 10.1. The standard InChI is InChI=1S/C19H22N2O6S/c1-13(22)14-6-10-17(11-7-14)28(25,26)20-16-8-4-15(5-9-16)19(24)27-12-18(23)21(2)3/h4-11,13,20,22H,12H2,1-3H3/t13-/m1/s1. The van der Waals surface area contributed by atoms with E-state index in [4.69, 9.17) is 4.74 Å². The van der Waals surface area contributed by atoms with E-state index in [-0.39, 0.29) is 28.7 Å². The predicted octanol–water partition coefficient (Wildman–Crippen LogP) is 1.79. The number of nitrogens with one attached hydrogen (secondary N) is 1. The third kappa shape index (κ3) is 5.54. The van der Waals surface area contributed by atoms with E-state index in [9.17, 15) is 23.1 Å². The van der Waals surface area contributed by atoms with Crippen LogP contribution in [0.25, 0.3) is 0 Å². The van der Waals surface area contributed by atoms with Crippen LogP contribution in [0.4, 0.5) is 5.69 Å². The number of likely N-dealkylation sites (N-methyl/N-ethyl adjacent to an activating group) is 1. The number of rotatable bonds is 7. The van der Waals surface area contributed by atoms with Gasteiger partial charge < -0.3 is 14.7 Å². The molecule has 2 N–H and O–H groups in total. The molecule has 0 aliphatic heterocycles. The molecular formula is C19H22N2O6S. The number of benzene rings is 2. The van der Waals surface area contributed by atoms with Crippen LogP contribution in [0.15, 0.2) is 53.4 Å². The Hall–Kier alpha value is -2.91. The van der Waals surface area contributed by atoms with Gasteiger partial charge in [-0.2, -0.15) is 0 Å². The van der Waals surface area contributed by atoms with Crippen molar-refractivity contribution in [3.05, 3.63) is 59.7 Å². The summed E-state index contributed by atoms with van der Waals surface area (Å²) in [6.07, 6.45) is -0.690. The zero-order valence-electron chi connectivity index (χ0n) is 15.7. The van der Waals surface area contributed by atoms with Crippen LogP contribution in [0.5, 0.6) is 0 Å². The first-order valence-electron chi connectivity index (χ1n) is 8.38. The minimum absolute atomic E-state index is 0.0441. The van der Waals surface area contributed by atoms with Gasteiger partial charge in [-0.05, 0) is 48.9 Å². The highest BCUT2D eigenvalue weighted by atomic mass is 32.2. The van der Waals surface area contributed by atoms with E-state index in [1.807, 2.05) is 0 Å². The molecule has 1 amide bonds. The summed E-state index contributed by atoms with van der Waals surface area (Å²) in [5.74, 6) is -1.03. The Morgan fingerprint density at radius 2 is 1.64 bits per heavy atom. The lowest BCUT2D eigenvalue weighted by Crippen LogP contribution is -2.27. The number of amides is 1. The number of sulfonamides is 1. The van der Waals surface area contributed by atoms with Crippen molar-refractivity contribution in [3.8, 4) is 0 Å². The molecule has 2 aromatic carbocycles. The molecule has 0 spiro atoms. The number of carbonyl (C=O) groups is 2. The number of ether oxygens (including phenoxy) is 1. The van der Waals surface area contributed by atoms with Crippen LogP contribution in [0.1, 0.15) is 28.9 Å². The molecular weight excluding hydrogens is 384 g/mol. The van der Waals surface area contributed by atoms with Gasteiger partial charge in [-0.25, -0.2) is 13.2 Å². The smallest absolute Gasteiger partial charge is 0.338 e. The van der Waals surface area contributed by atoms with Crippen LogP contribution >= 0.6 is 0 Å². The first kappa shape index (κ1) is 21.4. The first-order chi connectivity index (χ1) is 13.1. The van der Waals surface area contributed by atoms with Crippen molar-refractivity contribution >= 4 is 27.6 Å². The molecule has 8 nitrogen and oxygen atoms in total. The summed E-state index contributed by atoms with van der Waals surface area (Å²) in [6.45, 7) is 1.22. The van der Waals surface area contributed by atoms with Crippen LogP contribution in [0, 0.1) is 0 Å². The highest BCUT2D eigenvalue weighted by molar-refractivity contribution is 7.92. The van der Waals surface area contributed by atoms with Crippen LogP contribution in [-0.4, -0.2) is 51.0 Å². The number of aliphatic hydroxyl groups excluding tert-OH is 1. The number of anilines is 1. The average molecular weight is 406 g/mol.